The Labute approximate surface area is 135 Å². The third-order valence-electron chi connectivity index (χ3n) is 5.31. The molecule has 1 saturated carbocycles. The van der Waals surface area contributed by atoms with Gasteiger partial charge >= 0.3 is 0 Å². The van der Waals surface area contributed by atoms with Crippen molar-refractivity contribution in [3.05, 3.63) is 18.1 Å². The fourth-order valence-corrected chi connectivity index (χ4v) is 4.28. The van der Waals surface area contributed by atoms with Crippen LogP contribution in [0.1, 0.15) is 25.1 Å². The lowest BCUT2D eigenvalue weighted by Crippen LogP contribution is -2.38. The summed E-state index contributed by atoms with van der Waals surface area (Å²) in [6.07, 6.45) is 5.51. The molecule has 1 saturated heterocycles. The molecule has 6 nitrogen and oxygen atoms in total. The summed E-state index contributed by atoms with van der Waals surface area (Å²) >= 11 is 0. The fraction of sp³-hybridized carbons (Fsp3) is 0.588. The fourth-order valence-electron chi connectivity index (χ4n) is 4.28. The van der Waals surface area contributed by atoms with Gasteiger partial charge in [0.05, 0.1) is 18.0 Å². The molecular weight excluding hydrogens is 288 g/mol. The quantitative estimate of drug-likeness (QED) is 0.850. The summed E-state index contributed by atoms with van der Waals surface area (Å²) in [5.74, 6) is 3.23. The molecule has 0 amide bonds. The molecule has 2 aromatic rings. The van der Waals surface area contributed by atoms with Crippen molar-refractivity contribution < 1.29 is 0 Å². The minimum atomic E-state index is 0.472. The summed E-state index contributed by atoms with van der Waals surface area (Å²) < 4.78 is 0. The number of aromatic amines is 1. The molecule has 0 bridgehead atoms. The molecule has 2 fully saturated rings. The van der Waals surface area contributed by atoms with Crippen molar-refractivity contribution >= 4 is 16.9 Å². The van der Waals surface area contributed by atoms with Crippen LogP contribution in [0.3, 0.4) is 0 Å². The second-order valence-electron chi connectivity index (χ2n) is 6.87. The molecule has 120 valence electrons. The molecule has 23 heavy (non-hydrogen) atoms. The van der Waals surface area contributed by atoms with Gasteiger partial charge in [-0.2, -0.15) is 5.26 Å². The van der Waals surface area contributed by atoms with Crippen molar-refractivity contribution in [3.63, 3.8) is 0 Å². The molecule has 3 atom stereocenters. The molecule has 1 aliphatic carbocycles. The molecule has 6 heteroatoms. The van der Waals surface area contributed by atoms with Crippen molar-refractivity contribution in [3.8, 4) is 6.07 Å². The van der Waals surface area contributed by atoms with Crippen LogP contribution in [0.4, 0.5) is 5.82 Å². The third kappa shape index (κ3) is 2.77. The van der Waals surface area contributed by atoms with Gasteiger partial charge in [0, 0.05) is 18.8 Å². The number of nitriles is 1. The number of nitrogens with zero attached hydrogens (tertiary/aromatic N) is 4. The van der Waals surface area contributed by atoms with E-state index < -0.39 is 0 Å². The van der Waals surface area contributed by atoms with Crippen LogP contribution in [-0.4, -0.2) is 45.5 Å². The van der Waals surface area contributed by atoms with Gasteiger partial charge in [-0.25, -0.2) is 9.97 Å². The standard InChI is InChI=1S/C17H22N6/c1-11-20-16-15(2-5-19-16)17(21-11)22-14-8-12-3-6-23(7-4-18)10-13(12)9-14/h2,5,12-14H,3,6-10H2,1H3,(H2,19,20,21,22)/t12-,13-,14+/m1/s1. The van der Waals surface area contributed by atoms with E-state index >= 15 is 0 Å². The van der Waals surface area contributed by atoms with E-state index in [1.807, 2.05) is 19.2 Å². The van der Waals surface area contributed by atoms with E-state index in [1.165, 1.54) is 19.3 Å². The van der Waals surface area contributed by atoms with Crippen molar-refractivity contribution in [1.29, 1.82) is 5.26 Å². The largest absolute Gasteiger partial charge is 0.367 e. The number of nitrogens with one attached hydrogen (secondary N) is 2. The Balaban J connectivity index is 1.48. The van der Waals surface area contributed by atoms with E-state index in [0.29, 0.717) is 18.5 Å². The van der Waals surface area contributed by atoms with Gasteiger partial charge in [-0.1, -0.05) is 0 Å². The minimum absolute atomic E-state index is 0.472. The zero-order valence-electron chi connectivity index (χ0n) is 13.4. The molecule has 0 unspecified atom stereocenters. The zero-order valence-corrected chi connectivity index (χ0v) is 13.4. The maximum Gasteiger partial charge on any atom is 0.143 e. The predicted molar refractivity (Wildman–Crippen MR) is 88.9 cm³/mol. The number of piperidine rings is 1. The van der Waals surface area contributed by atoms with Crippen LogP contribution in [0.15, 0.2) is 12.3 Å². The van der Waals surface area contributed by atoms with Crippen LogP contribution in [0.2, 0.25) is 0 Å². The Hall–Kier alpha value is -2.13. The van der Waals surface area contributed by atoms with Gasteiger partial charge in [0.1, 0.15) is 17.3 Å². The molecule has 2 aliphatic rings. The van der Waals surface area contributed by atoms with E-state index in [9.17, 15) is 0 Å². The first-order valence-electron chi connectivity index (χ1n) is 8.40. The lowest BCUT2D eigenvalue weighted by Gasteiger charge is -2.33. The van der Waals surface area contributed by atoms with Crippen molar-refractivity contribution in [1.82, 2.24) is 19.9 Å². The Morgan fingerprint density at radius 1 is 1.39 bits per heavy atom. The lowest BCUT2D eigenvalue weighted by molar-refractivity contribution is 0.153. The molecule has 3 heterocycles. The van der Waals surface area contributed by atoms with Gasteiger partial charge in [0.25, 0.3) is 0 Å². The smallest absolute Gasteiger partial charge is 0.143 e. The normalized spacial score (nSPS) is 27.7. The van der Waals surface area contributed by atoms with Crippen molar-refractivity contribution in [2.24, 2.45) is 11.8 Å². The Bertz CT molecular complexity index is 745. The van der Waals surface area contributed by atoms with E-state index in [4.69, 9.17) is 5.26 Å². The maximum absolute atomic E-state index is 8.89. The molecular formula is C17H22N6. The van der Waals surface area contributed by atoms with E-state index in [1.54, 1.807) is 0 Å². The highest BCUT2D eigenvalue weighted by Crippen LogP contribution is 2.39. The summed E-state index contributed by atoms with van der Waals surface area (Å²) in [7, 11) is 0. The van der Waals surface area contributed by atoms with Crippen LogP contribution >= 0.6 is 0 Å². The number of rotatable bonds is 3. The third-order valence-corrected chi connectivity index (χ3v) is 5.31. The minimum Gasteiger partial charge on any atom is -0.367 e. The van der Waals surface area contributed by atoms with Gasteiger partial charge < -0.3 is 10.3 Å². The molecule has 2 N–H and O–H groups in total. The summed E-state index contributed by atoms with van der Waals surface area (Å²) in [6, 6.07) is 4.79. The first-order valence-corrected chi connectivity index (χ1v) is 8.40. The number of anilines is 1. The van der Waals surface area contributed by atoms with Crippen molar-refractivity contribution in [2.45, 2.75) is 32.2 Å². The van der Waals surface area contributed by atoms with Crippen LogP contribution in [0.25, 0.3) is 11.0 Å². The first kappa shape index (κ1) is 14.5. The molecule has 4 rings (SSSR count). The van der Waals surface area contributed by atoms with Crippen LogP contribution in [-0.2, 0) is 0 Å². The van der Waals surface area contributed by atoms with Gasteiger partial charge in [-0.05, 0) is 50.6 Å². The van der Waals surface area contributed by atoms with Crippen LogP contribution < -0.4 is 5.32 Å². The first-order chi connectivity index (χ1) is 11.2. The summed E-state index contributed by atoms with van der Waals surface area (Å²) in [5, 5.41) is 13.6. The zero-order chi connectivity index (χ0) is 15.8. The number of fused-ring (bicyclic) bond motifs is 2. The monoisotopic (exact) mass is 310 g/mol. The molecule has 2 aromatic heterocycles. The van der Waals surface area contributed by atoms with Crippen LogP contribution in [0.5, 0.6) is 0 Å². The summed E-state index contributed by atoms with van der Waals surface area (Å²) in [4.78, 5) is 14.5. The van der Waals surface area contributed by atoms with Gasteiger partial charge in [0.15, 0.2) is 0 Å². The van der Waals surface area contributed by atoms with E-state index in [-0.39, 0.29) is 0 Å². The number of likely N-dealkylation sites (tertiary alicyclic amines) is 1. The number of H-pyrrole nitrogens is 1. The molecule has 1 aliphatic heterocycles. The predicted octanol–water partition coefficient (Wildman–Crippen LogP) is 2.30. The van der Waals surface area contributed by atoms with Crippen LogP contribution in [0, 0.1) is 30.1 Å². The number of hydrogen-bond acceptors (Lipinski definition) is 5. The Morgan fingerprint density at radius 2 is 2.26 bits per heavy atom. The van der Waals surface area contributed by atoms with E-state index in [0.717, 1.165) is 41.7 Å². The lowest BCUT2D eigenvalue weighted by atomic mass is 9.89. The number of hydrogen-bond donors (Lipinski definition) is 2. The van der Waals surface area contributed by atoms with Gasteiger partial charge in [-0.15, -0.1) is 0 Å². The SMILES string of the molecule is Cc1nc(N[C@H]2C[C@H]3CCN(CC#N)C[C@H]3C2)c2cc[nH]c2n1. The molecule has 0 radical (unpaired) electrons. The number of aryl methyl sites for hydroxylation is 1. The number of aromatic nitrogens is 3. The average Bonchev–Trinajstić information content (AvgIpc) is 3.13. The van der Waals surface area contributed by atoms with Gasteiger partial charge in [0.2, 0.25) is 0 Å². The summed E-state index contributed by atoms with van der Waals surface area (Å²) in [5.41, 5.74) is 0.899. The van der Waals surface area contributed by atoms with E-state index in [2.05, 4.69) is 31.2 Å². The van der Waals surface area contributed by atoms with Gasteiger partial charge in [-0.3, -0.25) is 4.90 Å². The average molecular weight is 310 g/mol. The van der Waals surface area contributed by atoms with Crippen molar-refractivity contribution in [2.75, 3.05) is 25.0 Å². The topological polar surface area (TPSA) is 80.6 Å². The second kappa shape index (κ2) is 5.82. The molecule has 0 spiro atoms. The highest BCUT2D eigenvalue weighted by atomic mass is 15.1. The Morgan fingerprint density at radius 3 is 3.13 bits per heavy atom. The second-order valence-corrected chi connectivity index (χ2v) is 6.87. The summed E-state index contributed by atoms with van der Waals surface area (Å²) in [6.45, 7) is 4.63. The maximum atomic E-state index is 8.89. The highest BCUT2D eigenvalue weighted by molar-refractivity contribution is 5.87. The molecule has 0 aromatic carbocycles. The Kier molecular flexibility index (Phi) is 3.66. The highest BCUT2D eigenvalue weighted by Gasteiger charge is 2.38.